The summed E-state index contributed by atoms with van der Waals surface area (Å²) in [5, 5.41) is 3.27. The first-order valence-corrected chi connectivity index (χ1v) is 8.04. The van der Waals surface area contributed by atoms with Crippen molar-refractivity contribution in [2.75, 3.05) is 0 Å². The van der Waals surface area contributed by atoms with Crippen LogP contribution in [0.1, 0.15) is 0 Å². The van der Waals surface area contributed by atoms with Gasteiger partial charge in [-0.3, -0.25) is 0 Å². The molecular weight excluding hydrogens is 300 g/mol. The molecule has 110 valence electrons. The van der Waals surface area contributed by atoms with Crippen molar-refractivity contribution in [3.63, 3.8) is 0 Å². The molecule has 0 nitrogen and oxygen atoms in total. The number of fused-ring (bicyclic) bond motifs is 1. The molecule has 0 bridgehead atoms. The van der Waals surface area contributed by atoms with Crippen LogP contribution in [0.5, 0.6) is 0 Å². The molecule has 1 heteroatoms. The van der Waals surface area contributed by atoms with E-state index in [1.165, 1.54) is 16.3 Å². The van der Waals surface area contributed by atoms with Gasteiger partial charge in [-0.15, -0.1) is 0 Å². The van der Waals surface area contributed by atoms with Gasteiger partial charge in [0.1, 0.15) is 0 Å². The maximum absolute atomic E-state index is 6.56. The maximum atomic E-state index is 6.56. The highest BCUT2D eigenvalue weighted by molar-refractivity contribution is 6.33. The van der Waals surface area contributed by atoms with Crippen molar-refractivity contribution in [2.45, 2.75) is 0 Å². The lowest BCUT2D eigenvalue weighted by atomic mass is 9.96. The predicted molar refractivity (Wildman–Crippen MR) is 99.8 cm³/mol. The highest BCUT2D eigenvalue weighted by Gasteiger charge is 2.08. The van der Waals surface area contributed by atoms with E-state index in [9.17, 15) is 0 Å². The van der Waals surface area contributed by atoms with Crippen LogP contribution in [0.15, 0.2) is 91.0 Å². The molecule has 0 saturated carbocycles. The first-order valence-electron chi connectivity index (χ1n) is 7.66. The van der Waals surface area contributed by atoms with Crippen molar-refractivity contribution >= 4 is 22.4 Å². The van der Waals surface area contributed by atoms with E-state index in [1.54, 1.807) is 0 Å². The summed E-state index contributed by atoms with van der Waals surface area (Å²) < 4.78 is 0. The second-order valence-corrected chi connectivity index (χ2v) is 5.99. The number of benzene rings is 4. The zero-order chi connectivity index (χ0) is 15.6. The van der Waals surface area contributed by atoms with E-state index in [2.05, 4.69) is 72.8 Å². The van der Waals surface area contributed by atoms with Crippen LogP contribution < -0.4 is 0 Å². The summed E-state index contributed by atoms with van der Waals surface area (Å²) in [4.78, 5) is 0. The molecule has 0 saturated heterocycles. The van der Waals surface area contributed by atoms with E-state index in [0.29, 0.717) is 0 Å². The van der Waals surface area contributed by atoms with Gasteiger partial charge in [-0.25, -0.2) is 0 Å². The van der Waals surface area contributed by atoms with Crippen molar-refractivity contribution in [3.05, 3.63) is 96.0 Å². The highest BCUT2D eigenvalue weighted by atomic mass is 35.5. The Hall–Kier alpha value is -2.57. The van der Waals surface area contributed by atoms with Gasteiger partial charge in [-0.1, -0.05) is 96.5 Å². The summed E-state index contributed by atoms with van der Waals surface area (Å²) in [6.07, 6.45) is 0. The molecule has 0 heterocycles. The van der Waals surface area contributed by atoms with Crippen LogP contribution in [0.2, 0.25) is 5.02 Å². The third-order valence-corrected chi connectivity index (χ3v) is 4.47. The van der Waals surface area contributed by atoms with Gasteiger partial charge in [0.2, 0.25) is 0 Å². The Morgan fingerprint density at radius 2 is 1.26 bits per heavy atom. The summed E-state index contributed by atoms with van der Waals surface area (Å²) in [6.45, 7) is 0. The van der Waals surface area contributed by atoms with E-state index in [-0.39, 0.29) is 0 Å². The zero-order valence-electron chi connectivity index (χ0n) is 12.5. The second kappa shape index (κ2) is 5.91. The lowest BCUT2D eigenvalue weighted by Gasteiger charge is -2.10. The van der Waals surface area contributed by atoms with Crippen LogP contribution in [0.4, 0.5) is 0 Å². The molecule has 4 rings (SSSR count). The van der Waals surface area contributed by atoms with Crippen LogP contribution in [-0.2, 0) is 0 Å². The van der Waals surface area contributed by atoms with Crippen LogP contribution >= 0.6 is 11.6 Å². The Labute approximate surface area is 141 Å². The largest absolute Gasteiger partial charge is 0.0836 e. The van der Waals surface area contributed by atoms with Crippen molar-refractivity contribution < 1.29 is 0 Å². The van der Waals surface area contributed by atoms with E-state index in [1.807, 2.05) is 18.2 Å². The molecule has 23 heavy (non-hydrogen) atoms. The van der Waals surface area contributed by atoms with Gasteiger partial charge < -0.3 is 0 Å². The van der Waals surface area contributed by atoms with E-state index in [4.69, 9.17) is 11.6 Å². The molecule has 0 atom stereocenters. The average molecular weight is 315 g/mol. The molecule has 0 aliphatic heterocycles. The average Bonchev–Trinajstić information content (AvgIpc) is 2.62. The van der Waals surface area contributed by atoms with Gasteiger partial charge in [0, 0.05) is 10.6 Å². The first-order chi connectivity index (χ1) is 11.3. The third kappa shape index (κ3) is 2.62. The third-order valence-electron chi connectivity index (χ3n) is 4.15. The molecule has 0 aliphatic carbocycles. The monoisotopic (exact) mass is 314 g/mol. The summed E-state index contributed by atoms with van der Waals surface area (Å²) in [5.41, 5.74) is 4.56. The Morgan fingerprint density at radius 3 is 2.09 bits per heavy atom. The molecule has 0 N–H and O–H groups in total. The molecule has 0 aromatic heterocycles. The molecule has 0 spiro atoms. The molecule has 4 aromatic rings. The van der Waals surface area contributed by atoms with Crippen molar-refractivity contribution in [3.8, 4) is 22.3 Å². The standard InChI is InChI=1S/C22H15Cl/c23-22-15-18(13-14-21(22)17-7-2-1-3-8-17)20-12-6-10-16-9-4-5-11-19(16)20/h1-15H. The first kappa shape index (κ1) is 14.0. The highest BCUT2D eigenvalue weighted by Crippen LogP contribution is 2.34. The normalized spacial score (nSPS) is 10.8. The molecule has 0 fully saturated rings. The quantitative estimate of drug-likeness (QED) is 0.380. The van der Waals surface area contributed by atoms with Gasteiger partial charge in [0.25, 0.3) is 0 Å². The van der Waals surface area contributed by atoms with Crippen LogP contribution in [0, 0.1) is 0 Å². The van der Waals surface area contributed by atoms with Gasteiger partial charge in [-0.2, -0.15) is 0 Å². The number of rotatable bonds is 2. The van der Waals surface area contributed by atoms with Crippen LogP contribution in [0.3, 0.4) is 0 Å². The van der Waals surface area contributed by atoms with Gasteiger partial charge >= 0.3 is 0 Å². The number of halogens is 1. The summed E-state index contributed by atoms with van der Waals surface area (Å²) in [5.74, 6) is 0. The minimum absolute atomic E-state index is 0.779. The van der Waals surface area contributed by atoms with E-state index >= 15 is 0 Å². The fraction of sp³-hybridized carbons (Fsp3) is 0. The molecule has 0 aliphatic rings. The lowest BCUT2D eigenvalue weighted by Crippen LogP contribution is -1.84. The van der Waals surface area contributed by atoms with Gasteiger partial charge in [-0.05, 0) is 33.5 Å². The Morgan fingerprint density at radius 1 is 0.522 bits per heavy atom. The number of hydrogen-bond donors (Lipinski definition) is 0. The fourth-order valence-electron chi connectivity index (χ4n) is 3.01. The van der Waals surface area contributed by atoms with Crippen molar-refractivity contribution in [1.82, 2.24) is 0 Å². The predicted octanol–water partition coefficient (Wildman–Crippen LogP) is 6.83. The van der Waals surface area contributed by atoms with Crippen LogP contribution in [0.25, 0.3) is 33.0 Å². The van der Waals surface area contributed by atoms with Crippen LogP contribution in [-0.4, -0.2) is 0 Å². The topological polar surface area (TPSA) is 0 Å². The Kier molecular flexibility index (Phi) is 3.61. The summed E-state index contributed by atoms with van der Waals surface area (Å²) >= 11 is 6.56. The molecule has 0 unspecified atom stereocenters. The maximum Gasteiger partial charge on any atom is 0.0490 e. The SMILES string of the molecule is Clc1cc(-c2cccc3ccccc23)ccc1-c1ccccc1. The fourth-order valence-corrected chi connectivity index (χ4v) is 3.30. The summed E-state index contributed by atoms with van der Waals surface area (Å²) in [7, 11) is 0. The smallest absolute Gasteiger partial charge is 0.0490 e. The molecule has 4 aromatic carbocycles. The van der Waals surface area contributed by atoms with Crippen molar-refractivity contribution in [2.24, 2.45) is 0 Å². The molecule has 0 radical (unpaired) electrons. The molecular formula is C22H15Cl. The van der Waals surface area contributed by atoms with Gasteiger partial charge in [0.05, 0.1) is 0 Å². The molecule has 0 amide bonds. The Balaban J connectivity index is 1.86. The van der Waals surface area contributed by atoms with E-state index in [0.717, 1.165) is 21.7 Å². The zero-order valence-corrected chi connectivity index (χ0v) is 13.3. The summed E-state index contributed by atoms with van der Waals surface area (Å²) in [6, 6.07) is 31.4. The Bertz CT molecular complexity index is 966. The number of hydrogen-bond acceptors (Lipinski definition) is 0. The van der Waals surface area contributed by atoms with Gasteiger partial charge in [0.15, 0.2) is 0 Å². The van der Waals surface area contributed by atoms with Crippen molar-refractivity contribution in [1.29, 1.82) is 0 Å². The lowest BCUT2D eigenvalue weighted by molar-refractivity contribution is 1.60. The van der Waals surface area contributed by atoms with E-state index < -0.39 is 0 Å². The minimum Gasteiger partial charge on any atom is -0.0836 e. The second-order valence-electron chi connectivity index (χ2n) is 5.59. The minimum atomic E-state index is 0.779.